The number of ether oxygens (including phenoxy) is 1. The van der Waals surface area contributed by atoms with Gasteiger partial charge in [0.1, 0.15) is 17.3 Å². The highest BCUT2D eigenvalue weighted by atomic mass is 127. The van der Waals surface area contributed by atoms with E-state index in [4.69, 9.17) is 10.5 Å². The van der Waals surface area contributed by atoms with Crippen LogP contribution in [-0.2, 0) is 0 Å². The van der Waals surface area contributed by atoms with Crippen molar-refractivity contribution in [2.75, 3.05) is 0 Å². The van der Waals surface area contributed by atoms with Crippen LogP contribution < -0.4 is 10.5 Å². The summed E-state index contributed by atoms with van der Waals surface area (Å²) in [7, 11) is 0. The second kappa shape index (κ2) is 6.80. The molecular formula is C20H14IN3O2. The summed E-state index contributed by atoms with van der Waals surface area (Å²) in [5.41, 5.74) is 8.24. The first-order valence-electron chi connectivity index (χ1n) is 7.92. The van der Waals surface area contributed by atoms with Crippen LogP contribution in [0.2, 0.25) is 0 Å². The average molecular weight is 455 g/mol. The fourth-order valence-corrected chi connectivity index (χ4v) is 2.97. The van der Waals surface area contributed by atoms with Gasteiger partial charge in [-0.25, -0.2) is 4.98 Å². The van der Waals surface area contributed by atoms with Gasteiger partial charge in [0.25, 0.3) is 0 Å². The molecule has 0 radical (unpaired) electrons. The van der Waals surface area contributed by atoms with E-state index in [0.717, 1.165) is 32.0 Å². The number of primary amides is 1. The molecule has 6 heteroatoms. The molecule has 0 spiro atoms. The van der Waals surface area contributed by atoms with E-state index in [1.807, 2.05) is 48.5 Å². The maximum Gasteiger partial charge on any atom is 0.248 e. The van der Waals surface area contributed by atoms with Crippen molar-refractivity contribution in [2.45, 2.75) is 0 Å². The number of rotatable bonds is 4. The fraction of sp³-hybridized carbons (Fsp3) is 0. The van der Waals surface area contributed by atoms with Crippen LogP contribution in [-0.4, -0.2) is 15.9 Å². The third-order valence-corrected chi connectivity index (χ3v) is 4.66. The summed E-state index contributed by atoms with van der Waals surface area (Å²) in [4.78, 5) is 19.1. The third-order valence-electron chi connectivity index (χ3n) is 3.94. The molecule has 0 saturated carbocycles. The first-order valence-corrected chi connectivity index (χ1v) is 9.00. The van der Waals surface area contributed by atoms with Crippen LogP contribution >= 0.6 is 22.6 Å². The van der Waals surface area contributed by atoms with Crippen molar-refractivity contribution >= 4 is 39.5 Å². The second-order valence-corrected chi connectivity index (χ2v) is 7.01. The molecule has 0 aliphatic rings. The number of imidazole rings is 1. The first kappa shape index (κ1) is 16.6. The fourth-order valence-electron chi connectivity index (χ4n) is 2.62. The highest BCUT2D eigenvalue weighted by molar-refractivity contribution is 14.1. The summed E-state index contributed by atoms with van der Waals surface area (Å²) in [6.07, 6.45) is 0. The number of fused-ring (bicyclic) bond motifs is 1. The summed E-state index contributed by atoms with van der Waals surface area (Å²) in [6, 6.07) is 20.7. The standard InChI is InChI=1S/C20H14IN3O2/c21-14-4-8-16(9-5-14)26-15-6-1-12(2-7-15)20-23-17-10-3-13(19(22)25)11-18(17)24-20/h1-11H,(H2,22,25)(H,23,24). The number of nitrogens with zero attached hydrogens (tertiary/aromatic N) is 1. The Labute approximate surface area is 163 Å². The topological polar surface area (TPSA) is 81.0 Å². The van der Waals surface area contributed by atoms with Gasteiger partial charge < -0.3 is 15.5 Å². The Morgan fingerprint density at radius 1 is 0.962 bits per heavy atom. The molecule has 1 heterocycles. The van der Waals surface area contributed by atoms with Crippen molar-refractivity contribution in [2.24, 2.45) is 5.73 Å². The Bertz CT molecular complexity index is 1090. The molecule has 0 aliphatic carbocycles. The number of nitrogens with one attached hydrogen (secondary N) is 1. The van der Waals surface area contributed by atoms with Gasteiger partial charge in [-0.3, -0.25) is 4.79 Å². The molecule has 1 amide bonds. The Morgan fingerprint density at radius 2 is 1.62 bits per heavy atom. The van der Waals surface area contributed by atoms with Crippen molar-refractivity contribution in [1.29, 1.82) is 0 Å². The van der Waals surface area contributed by atoms with E-state index in [1.54, 1.807) is 18.2 Å². The van der Waals surface area contributed by atoms with Gasteiger partial charge in [-0.15, -0.1) is 0 Å². The number of carbonyl (C=O) groups excluding carboxylic acids is 1. The van der Waals surface area contributed by atoms with Gasteiger partial charge in [0.15, 0.2) is 0 Å². The Hall–Kier alpha value is -2.87. The molecule has 3 aromatic carbocycles. The zero-order valence-corrected chi connectivity index (χ0v) is 15.7. The maximum atomic E-state index is 11.3. The number of hydrogen-bond donors (Lipinski definition) is 2. The lowest BCUT2D eigenvalue weighted by Crippen LogP contribution is -2.10. The molecule has 4 rings (SSSR count). The van der Waals surface area contributed by atoms with Crippen molar-refractivity contribution < 1.29 is 9.53 Å². The van der Waals surface area contributed by atoms with Gasteiger partial charge in [0, 0.05) is 14.7 Å². The van der Waals surface area contributed by atoms with E-state index < -0.39 is 5.91 Å². The van der Waals surface area contributed by atoms with Gasteiger partial charge >= 0.3 is 0 Å². The number of nitrogens with two attached hydrogens (primary N) is 1. The lowest BCUT2D eigenvalue weighted by Gasteiger charge is -2.06. The average Bonchev–Trinajstić information content (AvgIpc) is 3.07. The lowest BCUT2D eigenvalue weighted by atomic mass is 10.2. The van der Waals surface area contributed by atoms with E-state index >= 15 is 0 Å². The molecule has 5 nitrogen and oxygen atoms in total. The molecule has 0 atom stereocenters. The number of benzene rings is 3. The number of H-pyrrole nitrogens is 1. The quantitative estimate of drug-likeness (QED) is 0.437. The highest BCUT2D eigenvalue weighted by Crippen LogP contribution is 2.26. The molecule has 4 aromatic rings. The Morgan fingerprint density at radius 3 is 2.27 bits per heavy atom. The largest absolute Gasteiger partial charge is 0.457 e. The first-order chi connectivity index (χ1) is 12.6. The van der Waals surface area contributed by atoms with Crippen LogP contribution in [0.15, 0.2) is 66.7 Å². The molecule has 0 bridgehead atoms. The van der Waals surface area contributed by atoms with Crippen LogP contribution in [0.25, 0.3) is 22.4 Å². The third kappa shape index (κ3) is 3.41. The van der Waals surface area contributed by atoms with Crippen molar-refractivity contribution in [3.05, 3.63) is 75.9 Å². The van der Waals surface area contributed by atoms with Crippen LogP contribution in [0.3, 0.4) is 0 Å². The number of hydrogen-bond acceptors (Lipinski definition) is 3. The molecule has 0 aliphatic heterocycles. The molecular weight excluding hydrogens is 441 g/mol. The van der Waals surface area contributed by atoms with Crippen molar-refractivity contribution in [3.63, 3.8) is 0 Å². The normalized spacial score (nSPS) is 10.8. The van der Waals surface area contributed by atoms with Gasteiger partial charge in [-0.2, -0.15) is 0 Å². The van der Waals surface area contributed by atoms with E-state index in [2.05, 4.69) is 32.6 Å². The number of carbonyl (C=O) groups is 1. The van der Waals surface area contributed by atoms with Crippen LogP contribution in [0.4, 0.5) is 0 Å². The minimum absolute atomic E-state index is 0.441. The zero-order valence-electron chi connectivity index (χ0n) is 13.6. The maximum absolute atomic E-state index is 11.3. The summed E-state index contributed by atoms with van der Waals surface area (Å²) in [5, 5.41) is 0. The Kier molecular flexibility index (Phi) is 4.34. The molecule has 0 fully saturated rings. The number of aromatic nitrogens is 2. The predicted octanol–water partition coefficient (Wildman–Crippen LogP) is 4.73. The highest BCUT2D eigenvalue weighted by Gasteiger charge is 2.08. The van der Waals surface area contributed by atoms with Gasteiger partial charge in [-0.1, -0.05) is 0 Å². The number of aromatic amines is 1. The summed E-state index contributed by atoms with van der Waals surface area (Å²) >= 11 is 2.26. The van der Waals surface area contributed by atoms with Crippen molar-refractivity contribution in [1.82, 2.24) is 9.97 Å². The minimum atomic E-state index is -0.464. The lowest BCUT2D eigenvalue weighted by molar-refractivity contribution is 0.100. The number of amides is 1. The molecule has 1 aromatic heterocycles. The zero-order chi connectivity index (χ0) is 18.1. The van der Waals surface area contributed by atoms with Crippen molar-refractivity contribution in [3.8, 4) is 22.9 Å². The summed E-state index contributed by atoms with van der Waals surface area (Å²) in [6.45, 7) is 0. The SMILES string of the molecule is NC(=O)c1ccc2[nH]c(-c3ccc(Oc4ccc(I)cc4)cc3)nc2c1. The van der Waals surface area contributed by atoms with E-state index in [-0.39, 0.29) is 0 Å². The van der Waals surface area contributed by atoms with Gasteiger partial charge in [0.2, 0.25) is 5.91 Å². The van der Waals surface area contributed by atoms with Gasteiger partial charge in [-0.05, 0) is 89.3 Å². The smallest absolute Gasteiger partial charge is 0.248 e. The van der Waals surface area contributed by atoms with Gasteiger partial charge in [0.05, 0.1) is 11.0 Å². The molecule has 26 heavy (non-hydrogen) atoms. The van der Waals surface area contributed by atoms with E-state index in [9.17, 15) is 4.79 Å². The van der Waals surface area contributed by atoms with Crippen LogP contribution in [0.5, 0.6) is 11.5 Å². The molecule has 128 valence electrons. The predicted molar refractivity (Wildman–Crippen MR) is 109 cm³/mol. The minimum Gasteiger partial charge on any atom is -0.457 e. The summed E-state index contributed by atoms with van der Waals surface area (Å²) < 4.78 is 7.00. The molecule has 3 N–H and O–H groups in total. The molecule has 0 unspecified atom stereocenters. The van der Waals surface area contributed by atoms with Crippen LogP contribution in [0, 0.1) is 3.57 Å². The molecule has 0 saturated heterocycles. The Balaban J connectivity index is 1.59. The summed E-state index contributed by atoms with van der Waals surface area (Å²) in [5.74, 6) is 1.80. The second-order valence-electron chi connectivity index (χ2n) is 5.76. The number of halogens is 1. The monoisotopic (exact) mass is 455 g/mol. The van der Waals surface area contributed by atoms with E-state index in [1.165, 1.54) is 0 Å². The van der Waals surface area contributed by atoms with E-state index in [0.29, 0.717) is 11.1 Å². The van der Waals surface area contributed by atoms with Crippen LogP contribution in [0.1, 0.15) is 10.4 Å².